The van der Waals surface area contributed by atoms with E-state index in [-0.39, 0.29) is 0 Å². The van der Waals surface area contributed by atoms with Gasteiger partial charge in [0.2, 0.25) is 0 Å². The summed E-state index contributed by atoms with van der Waals surface area (Å²) in [6.07, 6.45) is 5.49. The lowest BCUT2D eigenvalue weighted by Gasteiger charge is -1.99. The van der Waals surface area contributed by atoms with E-state index in [1.807, 2.05) is 6.08 Å². The lowest BCUT2D eigenvalue weighted by molar-refractivity contribution is 0.632. The van der Waals surface area contributed by atoms with Crippen LogP contribution in [0.3, 0.4) is 0 Å². The third kappa shape index (κ3) is 7.66. The zero-order chi connectivity index (χ0) is 7.66. The molecule has 10 heavy (non-hydrogen) atoms. The zero-order valence-corrected chi connectivity index (χ0v) is 6.60. The number of hydrogen-bond donors (Lipinski definition) is 2. The van der Waals surface area contributed by atoms with Crippen molar-refractivity contribution in [2.75, 3.05) is 19.6 Å². The number of unbranched alkanes of at least 4 members (excludes halogenated alkanes) is 2. The van der Waals surface area contributed by atoms with Crippen LogP contribution in [0.5, 0.6) is 0 Å². The first-order valence-electron chi connectivity index (χ1n) is 3.93. The standard InChI is InChI=1S/C8H18N2/c1-2-7-10-8-5-3-4-6-9/h2,10H,1,3-9H2. The van der Waals surface area contributed by atoms with Gasteiger partial charge in [0.25, 0.3) is 0 Å². The van der Waals surface area contributed by atoms with E-state index in [1.54, 1.807) is 0 Å². The van der Waals surface area contributed by atoms with Gasteiger partial charge >= 0.3 is 0 Å². The third-order valence-electron chi connectivity index (χ3n) is 1.35. The van der Waals surface area contributed by atoms with Crippen LogP contribution in [0.1, 0.15) is 19.3 Å². The molecule has 0 aliphatic carbocycles. The van der Waals surface area contributed by atoms with E-state index in [4.69, 9.17) is 5.73 Å². The largest absolute Gasteiger partial charge is 0.330 e. The Balaban J connectivity index is 2.70. The molecule has 60 valence electrons. The van der Waals surface area contributed by atoms with Crippen molar-refractivity contribution < 1.29 is 0 Å². The number of nitrogens with one attached hydrogen (secondary N) is 1. The van der Waals surface area contributed by atoms with E-state index in [2.05, 4.69) is 11.9 Å². The smallest absolute Gasteiger partial charge is 0.0132 e. The molecule has 0 amide bonds. The Hall–Kier alpha value is -0.340. The minimum absolute atomic E-state index is 0.821. The molecule has 0 aromatic heterocycles. The topological polar surface area (TPSA) is 38.0 Å². The third-order valence-corrected chi connectivity index (χ3v) is 1.35. The summed E-state index contributed by atoms with van der Waals surface area (Å²) in [5, 5.41) is 3.24. The second-order valence-corrected chi connectivity index (χ2v) is 2.34. The summed E-state index contributed by atoms with van der Waals surface area (Å²) in [6.45, 7) is 6.44. The van der Waals surface area contributed by atoms with E-state index in [1.165, 1.54) is 12.8 Å². The average Bonchev–Trinajstić information content (AvgIpc) is 1.97. The van der Waals surface area contributed by atoms with E-state index in [0.717, 1.165) is 26.1 Å². The Morgan fingerprint density at radius 3 is 2.70 bits per heavy atom. The Labute approximate surface area is 63.5 Å². The highest BCUT2D eigenvalue weighted by molar-refractivity contribution is 4.69. The molecule has 0 fully saturated rings. The van der Waals surface area contributed by atoms with Crippen molar-refractivity contribution in [3.05, 3.63) is 12.7 Å². The highest BCUT2D eigenvalue weighted by atomic mass is 14.8. The first kappa shape index (κ1) is 9.66. The van der Waals surface area contributed by atoms with E-state index < -0.39 is 0 Å². The maximum absolute atomic E-state index is 5.33. The van der Waals surface area contributed by atoms with E-state index in [0.29, 0.717) is 0 Å². The fourth-order valence-electron chi connectivity index (χ4n) is 0.775. The highest BCUT2D eigenvalue weighted by Gasteiger charge is 1.85. The molecule has 3 N–H and O–H groups in total. The predicted octanol–water partition coefficient (Wildman–Crippen LogP) is 0.891. The van der Waals surface area contributed by atoms with Crippen molar-refractivity contribution in [2.45, 2.75) is 19.3 Å². The summed E-state index contributed by atoms with van der Waals surface area (Å²) in [5.74, 6) is 0. The van der Waals surface area contributed by atoms with Crippen LogP contribution in [-0.4, -0.2) is 19.6 Å². The lowest BCUT2D eigenvalue weighted by atomic mass is 10.2. The molecule has 0 aromatic rings. The number of nitrogens with two attached hydrogens (primary N) is 1. The van der Waals surface area contributed by atoms with Gasteiger partial charge in [0, 0.05) is 6.54 Å². The minimum atomic E-state index is 0.821. The van der Waals surface area contributed by atoms with Crippen molar-refractivity contribution in [1.82, 2.24) is 5.32 Å². The van der Waals surface area contributed by atoms with Crippen LogP contribution in [0.2, 0.25) is 0 Å². The molecule has 2 nitrogen and oxygen atoms in total. The molecular weight excluding hydrogens is 124 g/mol. The molecule has 0 bridgehead atoms. The molecule has 0 saturated carbocycles. The second-order valence-electron chi connectivity index (χ2n) is 2.34. The Morgan fingerprint density at radius 2 is 2.10 bits per heavy atom. The zero-order valence-electron chi connectivity index (χ0n) is 6.60. The first-order chi connectivity index (χ1) is 4.91. The summed E-state index contributed by atoms with van der Waals surface area (Å²) in [6, 6.07) is 0. The van der Waals surface area contributed by atoms with Crippen molar-refractivity contribution in [1.29, 1.82) is 0 Å². The van der Waals surface area contributed by atoms with Gasteiger partial charge in [0.1, 0.15) is 0 Å². The van der Waals surface area contributed by atoms with Gasteiger partial charge < -0.3 is 11.1 Å². The molecule has 0 atom stereocenters. The van der Waals surface area contributed by atoms with Gasteiger partial charge in [-0.3, -0.25) is 0 Å². The predicted molar refractivity (Wildman–Crippen MR) is 46.0 cm³/mol. The van der Waals surface area contributed by atoms with Crippen molar-refractivity contribution >= 4 is 0 Å². The minimum Gasteiger partial charge on any atom is -0.330 e. The highest BCUT2D eigenvalue weighted by Crippen LogP contribution is 1.90. The molecule has 0 saturated heterocycles. The fraction of sp³-hybridized carbons (Fsp3) is 0.750. The Morgan fingerprint density at radius 1 is 1.30 bits per heavy atom. The van der Waals surface area contributed by atoms with Gasteiger partial charge in [-0.2, -0.15) is 0 Å². The molecular formula is C8H18N2. The first-order valence-corrected chi connectivity index (χ1v) is 3.93. The normalized spacial score (nSPS) is 9.70. The maximum Gasteiger partial charge on any atom is 0.0132 e. The summed E-state index contributed by atoms with van der Waals surface area (Å²) in [7, 11) is 0. The molecule has 0 rings (SSSR count). The van der Waals surface area contributed by atoms with Crippen LogP contribution in [0, 0.1) is 0 Å². The molecule has 0 aliphatic heterocycles. The summed E-state index contributed by atoms with van der Waals surface area (Å²) in [4.78, 5) is 0. The molecule has 0 aliphatic rings. The van der Waals surface area contributed by atoms with E-state index >= 15 is 0 Å². The van der Waals surface area contributed by atoms with Gasteiger partial charge in [-0.1, -0.05) is 12.5 Å². The van der Waals surface area contributed by atoms with Crippen LogP contribution in [0.25, 0.3) is 0 Å². The SMILES string of the molecule is C=CCNCCCCCN. The van der Waals surface area contributed by atoms with Gasteiger partial charge in [0.15, 0.2) is 0 Å². The van der Waals surface area contributed by atoms with Crippen molar-refractivity contribution in [3.8, 4) is 0 Å². The van der Waals surface area contributed by atoms with Gasteiger partial charge in [0.05, 0.1) is 0 Å². The Bertz CT molecular complexity index is 71.7. The molecule has 0 unspecified atom stereocenters. The van der Waals surface area contributed by atoms with Gasteiger partial charge in [-0.05, 0) is 25.9 Å². The summed E-state index contributed by atoms with van der Waals surface area (Å²) >= 11 is 0. The monoisotopic (exact) mass is 142 g/mol. The molecule has 0 spiro atoms. The van der Waals surface area contributed by atoms with Crippen LogP contribution < -0.4 is 11.1 Å². The quantitative estimate of drug-likeness (QED) is 0.409. The second kappa shape index (κ2) is 8.66. The maximum atomic E-state index is 5.33. The Kier molecular flexibility index (Phi) is 8.37. The average molecular weight is 142 g/mol. The van der Waals surface area contributed by atoms with Crippen molar-refractivity contribution in [3.63, 3.8) is 0 Å². The van der Waals surface area contributed by atoms with Crippen LogP contribution in [0.15, 0.2) is 12.7 Å². The van der Waals surface area contributed by atoms with Crippen LogP contribution in [0.4, 0.5) is 0 Å². The molecule has 0 heterocycles. The van der Waals surface area contributed by atoms with Gasteiger partial charge in [-0.15, -0.1) is 6.58 Å². The lowest BCUT2D eigenvalue weighted by Crippen LogP contribution is -2.14. The van der Waals surface area contributed by atoms with Gasteiger partial charge in [-0.25, -0.2) is 0 Å². The number of hydrogen-bond acceptors (Lipinski definition) is 2. The van der Waals surface area contributed by atoms with Crippen molar-refractivity contribution in [2.24, 2.45) is 5.73 Å². The number of rotatable bonds is 7. The summed E-state index contributed by atoms with van der Waals surface area (Å²) < 4.78 is 0. The van der Waals surface area contributed by atoms with E-state index in [9.17, 15) is 0 Å². The van der Waals surface area contributed by atoms with Crippen LogP contribution in [-0.2, 0) is 0 Å². The molecule has 0 radical (unpaired) electrons. The van der Waals surface area contributed by atoms with Crippen LogP contribution >= 0.6 is 0 Å². The molecule has 0 aromatic carbocycles. The fourth-order valence-corrected chi connectivity index (χ4v) is 0.775. The summed E-state index contributed by atoms with van der Waals surface area (Å²) in [5.41, 5.74) is 5.33. The molecule has 2 heteroatoms.